The molecule has 0 radical (unpaired) electrons. The number of carbonyl (C=O) groups excluding carboxylic acids is 2. The Hall–Kier alpha value is -4.06. The second kappa shape index (κ2) is 7.32. The van der Waals surface area contributed by atoms with Gasteiger partial charge in [0.05, 0.1) is 19.1 Å². The summed E-state index contributed by atoms with van der Waals surface area (Å²) < 4.78 is 16.9. The van der Waals surface area contributed by atoms with Gasteiger partial charge in [0.1, 0.15) is 23.0 Å². The Kier molecular flexibility index (Phi) is 4.47. The molecular formula is C25H18O6. The number of hydrogen-bond donors (Lipinski definition) is 1. The van der Waals surface area contributed by atoms with Gasteiger partial charge in [-0.25, -0.2) is 0 Å². The Morgan fingerprint density at radius 1 is 1.00 bits per heavy atom. The van der Waals surface area contributed by atoms with Crippen molar-refractivity contribution in [3.05, 3.63) is 88.7 Å². The van der Waals surface area contributed by atoms with E-state index in [0.717, 1.165) is 11.1 Å². The Morgan fingerprint density at radius 3 is 2.55 bits per heavy atom. The van der Waals surface area contributed by atoms with Gasteiger partial charge in [-0.15, -0.1) is 0 Å². The molecule has 6 heteroatoms. The average molecular weight is 414 g/mol. The molecule has 0 fully saturated rings. The van der Waals surface area contributed by atoms with Crippen LogP contribution < -0.4 is 14.2 Å². The lowest BCUT2D eigenvalue weighted by Crippen LogP contribution is -2.21. The van der Waals surface area contributed by atoms with Gasteiger partial charge in [0.15, 0.2) is 5.76 Å². The van der Waals surface area contributed by atoms with Gasteiger partial charge in [-0.2, -0.15) is 0 Å². The van der Waals surface area contributed by atoms with Crippen molar-refractivity contribution >= 4 is 17.8 Å². The molecule has 2 aliphatic rings. The summed E-state index contributed by atoms with van der Waals surface area (Å²) in [6.45, 7) is 0. The first kappa shape index (κ1) is 18.9. The number of hydrogen-bond acceptors (Lipinski definition) is 6. The Morgan fingerprint density at radius 2 is 1.77 bits per heavy atom. The first-order chi connectivity index (χ1) is 15.0. The van der Waals surface area contributed by atoms with Gasteiger partial charge in [-0.05, 0) is 42.0 Å². The number of rotatable bonds is 3. The smallest absolute Gasteiger partial charge is 0.312 e. The number of ketones is 1. The molecule has 0 unspecified atom stereocenters. The topological polar surface area (TPSA) is 82.1 Å². The van der Waals surface area contributed by atoms with Crippen molar-refractivity contribution < 1.29 is 28.9 Å². The number of fused-ring (bicyclic) bond motifs is 3. The van der Waals surface area contributed by atoms with Crippen LogP contribution in [0.2, 0.25) is 0 Å². The molecule has 1 N–H and O–H groups in total. The number of Topliss-reactive ketones (excluding diaryl/α,β-unsaturated/α-hetero) is 1. The highest BCUT2D eigenvalue weighted by atomic mass is 16.5. The van der Waals surface area contributed by atoms with Crippen molar-refractivity contribution in [2.24, 2.45) is 0 Å². The minimum absolute atomic E-state index is 0.108. The average Bonchev–Trinajstić information content (AvgIpc) is 3.09. The Labute approximate surface area is 178 Å². The van der Waals surface area contributed by atoms with Gasteiger partial charge in [-0.1, -0.05) is 30.3 Å². The molecule has 2 heterocycles. The lowest BCUT2D eigenvalue weighted by Gasteiger charge is -2.26. The van der Waals surface area contributed by atoms with E-state index in [1.807, 2.05) is 18.2 Å². The number of methoxy groups -OCH3 is 1. The van der Waals surface area contributed by atoms with Crippen molar-refractivity contribution in [2.75, 3.05) is 7.11 Å². The molecule has 0 saturated heterocycles. The maximum absolute atomic E-state index is 13.1. The van der Waals surface area contributed by atoms with Crippen molar-refractivity contribution in [1.82, 2.24) is 0 Å². The Balaban J connectivity index is 1.61. The molecule has 0 aromatic heterocycles. The minimum atomic E-state index is -0.361. The van der Waals surface area contributed by atoms with Crippen LogP contribution in [0.3, 0.4) is 0 Å². The molecule has 1 atom stereocenters. The summed E-state index contributed by atoms with van der Waals surface area (Å²) in [5, 5.41) is 9.63. The van der Waals surface area contributed by atoms with Gasteiger partial charge in [0.25, 0.3) is 0 Å². The zero-order valence-electron chi connectivity index (χ0n) is 16.6. The summed E-state index contributed by atoms with van der Waals surface area (Å²) in [5.74, 6) is 0.743. The number of phenolic OH excluding ortho intramolecular Hbond substituents is 1. The summed E-state index contributed by atoms with van der Waals surface area (Å²) in [4.78, 5) is 25.3. The van der Waals surface area contributed by atoms with Crippen molar-refractivity contribution in [3.8, 4) is 23.0 Å². The highest BCUT2D eigenvalue weighted by molar-refractivity contribution is 6.15. The summed E-state index contributed by atoms with van der Waals surface area (Å²) in [6.07, 6.45) is 1.76. The van der Waals surface area contributed by atoms with Crippen LogP contribution in [-0.4, -0.2) is 24.0 Å². The first-order valence-corrected chi connectivity index (χ1v) is 9.79. The van der Waals surface area contributed by atoms with Crippen LogP contribution in [0, 0.1) is 0 Å². The lowest BCUT2D eigenvalue weighted by molar-refractivity contribution is -0.135. The number of carbonyl (C=O) groups is 2. The van der Waals surface area contributed by atoms with Crippen LogP contribution in [0.15, 0.2) is 66.4 Å². The number of phenols is 1. The van der Waals surface area contributed by atoms with Crippen LogP contribution >= 0.6 is 0 Å². The van der Waals surface area contributed by atoms with E-state index in [-0.39, 0.29) is 35.6 Å². The molecule has 2 aliphatic heterocycles. The monoisotopic (exact) mass is 414 g/mol. The predicted molar refractivity (Wildman–Crippen MR) is 113 cm³/mol. The lowest BCUT2D eigenvalue weighted by atomic mass is 9.84. The molecule has 3 aromatic carbocycles. The summed E-state index contributed by atoms with van der Waals surface area (Å²) in [5.41, 5.74) is 2.61. The summed E-state index contributed by atoms with van der Waals surface area (Å²) in [7, 11) is 1.57. The highest BCUT2D eigenvalue weighted by Gasteiger charge is 2.38. The first-order valence-electron chi connectivity index (χ1n) is 9.79. The van der Waals surface area contributed by atoms with E-state index in [9.17, 15) is 14.7 Å². The van der Waals surface area contributed by atoms with E-state index < -0.39 is 0 Å². The third-order valence-electron chi connectivity index (χ3n) is 5.50. The molecule has 0 saturated carbocycles. The van der Waals surface area contributed by atoms with Gasteiger partial charge in [0, 0.05) is 17.0 Å². The number of allylic oxidation sites excluding steroid dienone is 1. The van der Waals surface area contributed by atoms with Gasteiger partial charge in [-0.3, -0.25) is 9.59 Å². The van der Waals surface area contributed by atoms with Crippen molar-refractivity contribution in [1.29, 1.82) is 0 Å². The molecule has 154 valence electrons. The van der Waals surface area contributed by atoms with Crippen LogP contribution in [0.5, 0.6) is 23.0 Å². The van der Waals surface area contributed by atoms with Gasteiger partial charge in [0.2, 0.25) is 5.78 Å². The zero-order valence-corrected chi connectivity index (χ0v) is 16.6. The third kappa shape index (κ3) is 3.22. The zero-order chi connectivity index (χ0) is 21.5. The SMILES string of the molecule is COc1ccccc1/C=C1\Oc2c(ccc3c2[C@H](c2ccc(O)cc2)CC(=O)O3)C1=O. The second-order valence-electron chi connectivity index (χ2n) is 7.36. The molecule has 0 aliphatic carbocycles. The second-order valence-corrected chi connectivity index (χ2v) is 7.36. The van der Waals surface area contributed by atoms with E-state index in [2.05, 4.69) is 0 Å². The summed E-state index contributed by atoms with van der Waals surface area (Å²) in [6, 6.07) is 17.2. The molecule has 0 amide bonds. The van der Waals surface area contributed by atoms with Crippen molar-refractivity contribution in [2.45, 2.75) is 12.3 Å². The van der Waals surface area contributed by atoms with Gasteiger partial charge >= 0.3 is 5.97 Å². The standard InChI is InChI=1S/C25H18O6/c1-29-19-5-3-2-4-15(19)12-21-24(28)17-10-11-20-23(25(17)31-21)18(13-22(27)30-20)14-6-8-16(26)9-7-14/h2-12,18,26H,13H2,1H3/b21-12-/t18-/m0/s1. The molecule has 3 aromatic rings. The maximum Gasteiger partial charge on any atom is 0.312 e. The molecule has 5 rings (SSSR count). The van der Waals surface area contributed by atoms with Gasteiger partial charge < -0.3 is 19.3 Å². The fourth-order valence-corrected chi connectivity index (χ4v) is 4.02. The largest absolute Gasteiger partial charge is 0.508 e. The van der Waals surface area contributed by atoms with E-state index in [1.165, 1.54) is 0 Å². The fraction of sp³-hybridized carbons (Fsp3) is 0.120. The Bertz CT molecular complexity index is 1240. The van der Waals surface area contributed by atoms with E-state index in [0.29, 0.717) is 28.4 Å². The number of para-hydroxylation sites is 1. The van der Waals surface area contributed by atoms with Crippen LogP contribution in [0.4, 0.5) is 0 Å². The maximum atomic E-state index is 13.1. The van der Waals surface area contributed by atoms with E-state index in [1.54, 1.807) is 55.7 Å². The van der Waals surface area contributed by atoms with Crippen LogP contribution in [-0.2, 0) is 4.79 Å². The normalized spacial score (nSPS) is 18.2. The number of ether oxygens (including phenoxy) is 3. The molecular weight excluding hydrogens is 396 g/mol. The predicted octanol–water partition coefficient (Wildman–Crippen LogP) is 4.46. The number of benzene rings is 3. The fourth-order valence-electron chi connectivity index (χ4n) is 4.02. The summed E-state index contributed by atoms with van der Waals surface area (Å²) >= 11 is 0. The highest BCUT2D eigenvalue weighted by Crippen LogP contribution is 2.49. The quantitative estimate of drug-likeness (QED) is 0.387. The van der Waals surface area contributed by atoms with Crippen LogP contribution in [0.25, 0.3) is 6.08 Å². The van der Waals surface area contributed by atoms with Crippen LogP contribution in [0.1, 0.15) is 39.4 Å². The van der Waals surface area contributed by atoms with E-state index in [4.69, 9.17) is 14.2 Å². The minimum Gasteiger partial charge on any atom is -0.508 e. The molecule has 31 heavy (non-hydrogen) atoms. The molecule has 0 bridgehead atoms. The van der Waals surface area contributed by atoms with E-state index >= 15 is 0 Å². The molecule has 0 spiro atoms. The number of esters is 1. The van der Waals surface area contributed by atoms with Crippen molar-refractivity contribution in [3.63, 3.8) is 0 Å². The number of aromatic hydroxyl groups is 1. The third-order valence-corrected chi connectivity index (χ3v) is 5.50. The molecule has 6 nitrogen and oxygen atoms in total.